The molecule has 0 heterocycles. The molecule has 0 unspecified atom stereocenters. The Morgan fingerprint density at radius 1 is 0.273 bits per heavy atom. The van der Waals surface area contributed by atoms with E-state index in [1.54, 1.807) is 0 Å². The number of benzene rings is 9. The highest BCUT2D eigenvalue weighted by Gasteiger charge is 2.44. The molecule has 0 aromatic heterocycles. The van der Waals surface area contributed by atoms with Crippen LogP contribution in [-0.4, -0.2) is 0 Å². The summed E-state index contributed by atoms with van der Waals surface area (Å²) in [5.74, 6) is 0. The van der Waals surface area contributed by atoms with Crippen LogP contribution in [-0.2, 0) is 9.13 Å². The van der Waals surface area contributed by atoms with Gasteiger partial charge in [0.1, 0.15) is 0 Å². The number of rotatable bonds is 6. The summed E-state index contributed by atoms with van der Waals surface area (Å²) in [6, 6.07) is 55.7. The van der Waals surface area contributed by atoms with Crippen molar-refractivity contribution in [2.75, 3.05) is 0 Å². The molecule has 2 nitrogen and oxygen atoms in total. The van der Waals surface area contributed by atoms with Gasteiger partial charge in [-0.3, -0.25) is 0 Å². The fourth-order valence-corrected chi connectivity index (χ4v) is 13.6. The second-order valence-corrected chi connectivity index (χ2v) is 16.5. The zero-order valence-corrected chi connectivity index (χ0v) is 25.7. The largest absolute Gasteiger partial charge is 0.309 e. The molecule has 210 valence electrons. The topological polar surface area (TPSA) is 34.1 Å². The Kier molecular flexibility index (Phi) is 6.38. The molecule has 0 fully saturated rings. The van der Waals surface area contributed by atoms with Crippen molar-refractivity contribution in [3.05, 3.63) is 170 Å². The van der Waals surface area contributed by atoms with Gasteiger partial charge in [0.15, 0.2) is 14.3 Å². The first-order chi connectivity index (χ1) is 21.6. The minimum atomic E-state index is -3.60. The maximum atomic E-state index is 16.5. The van der Waals surface area contributed by atoms with E-state index in [9.17, 15) is 0 Å². The van der Waals surface area contributed by atoms with Crippen LogP contribution >= 0.6 is 14.3 Å². The summed E-state index contributed by atoms with van der Waals surface area (Å²) in [7, 11) is -7.19. The third-order valence-corrected chi connectivity index (χ3v) is 15.2. The third-order valence-electron chi connectivity index (χ3n) is 8.74. The zero-order chi connectivity index (χ0) is 29.7. The van der Waals surface area contributed by atoms with Crippen molar-refractivity contribution in [1.82, 2.24) is 0 Å². The Bertz CT molecular complexity index is 2050. The zero-order valence-electron chi connectivity index (χ0n) is 23.9. The molecular weight excluding hydrogens is 574 g/mol. The van der Waals surface area contributed by atoms with E-state index in [1.165, 1.54) is 0 Å². The fourth-order valence-electron chi connectivity index (χ4n) is 6.85. The Balaban J connectivity index is 1.70. The molecule has 0 saturated heterocycles. The van der Waals surface area contributed by atoms with Crippen LogP contribution in [0.2, 0.25) is 0 Å². The van der Waals surface area contributed by atoms with E-state index in [4.69, 9.17) is 0 Å². The summed E-state index contributed by atoms with van der Waals surface area (Å²) in [5, 5.41) is 10.2. The number of hydrogen-bond acceptors (Lipinski definition) is 2. The van der Waals surface area contributed by atoms with Crippen LogP contribution in [0, 0.1) is 0 Å². The molecular formula is C40H28O2P2. The van der Waals surface area contributed by atoms with Gasteiger partial charge in [0.05, 0.1) is 0 Å². The van der Waals surface area contributed by atoms with Gasteiger partial charge in [-0.25, -0.2) is 0 Å². The van der Waals surface area contributed by atoms with Crippen molar-refractivity contribution in [3.8, 4) is 0 Å². The first-order valence-electron chi connectivity index (χ1n) is 14.8. The molecule has 9 aromatic carbocycles. The van der Waals surface area contributed by atoms with Gasteiger partial charge in [0, 0.05) is 42.6 Å². The minimum Gasteiger partial charge on any atom is -0.309 e. The van der Waals surface area contributed by atoms with Crippen molar-refractivity contribution in [2.24, 2.45) is 0 Å². The van der Waals surface area contributed by atoms with Crippen LogP contribution in [0.15, 0.2) is 170 Å². The molecule has 0 atom stereocenters. The normalized spacial score (nSPS) is 12.3. The molecule has 0 spiro atoms. The Labute approximate surface area is 256 Å². The third kappa shape index (κ3) is 3.82. The van der Waals surface area contributed by atoms with Gasteiger partial charge in [-0.1, -0.05) is 170 Å². The second-order valence-electron chi connectivity index (χ2n) is 11.1. The van der Waals surface area contributed by atoms with E-state index >= 15 is 9.13 Å². The highest BCUT2D eigenvalue weighted by molar-refractivity contribution is 7.91. The van der Waals surface area contributed by atoms with Gasteiger partial charge in [-0.05, 0) is 21.5 Å². The van der Waals surface area contributed by atoms with Crippen molar-refractivity contribution >= 4 is 78.4 Å². The van der Waals surface area contributed by atoms with E-state index in [2.05, 4.69) is 24.3 Å². The van der Waals surface area contributed by atoms with Crippen molar-refractivity contribution in [1.29, 1.82) is 0 Å². The molecule has 0 aliphatic carbocycles. The molecule has 0 amide bonds. The molecule has 0 aliphatic heterocycles. The fraction of sp³-hybridized carbons (Fsp3) is 0. The maximum Gasteiger partial charge on any atom is 0.172 e. The van der Waals surface area contributed by atoms with Gasteiger partial charge in [-0.2, -0.15) is 0 Å². The summed E-state index contributed by atoms with van der Waals surface area (Å²) < 4.78 is 33.0. The summed E-state index contributed by atoms with van der Waals surface area (Å²) >= 11 is 0. The highest BCUT2D eigenvalue weighted by atomic mass is 31.2. The molecule has 0 saturated carbocycles. The Morgan fingerprint density at radius 2 is 0.477 bits per heavy atom. The minimum absolute atomic E-state index is 0.679. The molecule has 9 aromatic rings. The average Bonchev–Trinajstić information content (AvgIpc) is 3.12. The van der Waals surface area contributed by atoms with Crippen LogP contribution in [0.3, 0.4) is 0 Å². The summed E-state index contributed by atoms with van der Waals surface area (Å²) in [6.45, 7) is 0. The van der Waals surface area contributed by atoms with E-state index in [0.29, 0.717) is 10.6 Å². The first kappa shape index (κ1) is 26.9. The molecule has 0 radical (unpaired) electrons. The van der Waals surface area contributed by atoms with Gasteiger partial charge in [0.25, 0.3) is 0 Å². The van der Waals surface area contributed by atoms with Crippen molar-refractivity contribution in [2.45, 2.75) is 0 Å². The molecule has 0 aliphatic rings. The van der Waals surface area contributed by atoms with E-state index in [0.717, 1.165) is 53.5 Å². The molecule has 4 heteroatoms. The van der Waals surface area contributed by atoms with Gasteiger partial charge in [0.2, 0.25) is 0 Å². The van der Waals surface area contributed by atoms with E-state index in [1.807, 2.05) is 146 Å². The smallest absolute Gasteiger partial charge is 0.172 e. The maximum absolute atomic E-state index is 16.5. The van der Waals surface area contributed by atoms with Gasteiger partial charge in [-0.15, -0.1) is 0 Å². The monoisotopic (exact) mass is 602 g/mol. The SMILES string of the molecule is O=P(c1ccccc1)(c1ccccc1)c1c(P(=O)(c2ccccc2)c2ccccc2)c2c3ccccc3c1c1ccccc12. The van der Waals surface area contributed by atoms with E-state index < -0.39 is 14.3 Å². The Morgan fingerprint density at radius 3 is 0.705 bits per heavy atom. The highest BCUT2D eigenvalue weighted by Crippen LogP contribution is 2.54. The van der Waals surface area contributed by atoms with Crippen molar-refractivity contribution in [3.63, 3.8) is 0 Å². The van der Waals surface area contributed by atoms with Crippen LogP contribution in [0.1, 0.15) is 0 Å². The number of fused-ring (bicyclic) bond motifs is 1. The lowest BCUT2D eigenvalue weighted by Gasteiger charge is -2.32. The average molecular weight is 603 g/mol. The predicted octanol–water partition coefficient (Wildman–Crippen LogP) is 7.86. The van der Waals surface area contributed by atoms with Crippen LogP contribution in [0.25, 0.3) is 32.3 Å². The van der Waals surface area contributed by atoms with Crippen LogP contribution in [0.4, 0.5) is 0 Å². The lowest BCUT2D eigenvalue weighted by molar-refractivity contribution is 0.590. The molecule has 9 rings (SSSR count). The second kappa shape index (κ2) is 10.5. The first-order valence-corrected chi connectivity index (χ1v) is 18.2. The van der Waals surface area contributed by atoms with Gasteiger partial charge >= 0.3 is 0 Å². The van der Waals surface area contributed by atoms with Crippen LogP contribution < -0.4 is 31.8 Å². The van der Waals surface area contributed by atoms with Crippen LogP contribution in [0.5, 0.6) is 0 Å². The van der Waals surface area contributed by atoms with E-state index in [-0.39, 0.29) is 0 Å². The standard InChI is InChI=1S/C40H28O2P2/c41-43(29-17-5-1-6-18-29,30-19-7-2-8-20-30)39-37-33-25-13-15-27-35(33)38(36-28-16-14-26-34(36)37)40(39)44(42,31-21-9-3-10-22-31)32-23-11-4-12-24-32/h1-28H. The lowest BCUT2D eigenvalue weighted by atomic mass is 9.92. The molecule has 2 bridgehead atoms. The van der Waals surface area contributed by atoms with Gasteiger partial charge < -0.3 is 9.13 Å². The number of hydrogen-bond donors (Lipinski definition) is 0. The summed E-state index contributed by atoms with van der Waals surface area (Å²) in [5.41, 5.74) is 0. The lowest BCUT2D eigenvalue weighted by Crippen LogP contribution is -2.40. The Hall–Kier alpha value is -4.74. The summed E-state index contributed by atoms with van der Waals surface area (Å²) in [4.78, 5) is 0. The predicted molar refractivity (Wildman–Crippen MR) is 189 cm³/mol. The molecule has 0 N–H and O–H groups in total. The summed E-state index contributed by atoms with van der Waals surface area (Å²) in [6.07, 6.45) is 0. The molecule has 44 heavy (non-hydrogen) atoms. The quantitative estimate of drug-likeness (QED) is 0.143. The van der Waals surface area contributed by atoms with Crippen molar-refractivity contribution < 1.29 is 9.13 Å².